The average Bonchev–Trinajstić information content (AvgIpc) is 2.93. The Bertz CT molecular complexity index is 615. The molecule has 0 aromatic carbocycles. The summed E-state index contributed by atoms with van der Waals surface area (Å²) in [6, 6.07) is 2.10. The SMILES string of the molecule is Cc1cc2c(n1-c1nnc(CC(C)C)s1)CCCC2O. The molecule has 0 bridgehead atoms. The Labute approximate surface area is 123 Å². The van der Waals surface area contributed by atoms with Crippen LogP contribution >= 0.6 is 11.3 Å². The predicted molar refractivity (Wildman–Crippen MR) is 80.4 cm³/mol. The lowest BCUT2D eigenvalue weighted by Gasteiger charge is -2.19. The van der Waals surface area contributed by atoms with Gasteiger partial charge in [0.1, 0.15) is 5.01 Å². The first-order chi connectivity index (χ1) is 9.56. The van der Waals surface area contributed by atoms with Crippen LogP contribution in [-0.4, -0.2) is 19.9 Å². The molecule has 5 heteroatoms. The van der Waals surface area contributed by atoms with Crippen molar-refractivity contribution >= 4 is 11.3 Å². The molecule has 0 radical (unpaired) electrons. The number of aliphatic hydroxyl groups excluding tert-OH is 1. The molecule has 108 valence electrons. The molecule has 0 saturated heterocycles. The summed E-state index contributed by atoms with van der Waals surface area (Å²) >= 11 is 1.67. The minimum Gasteiger partial charge on any atom is -0.388 e. The number of hydrogen-bond acceptors (Lipinski definition) is 4. The van der Waals surface area contributed by atoms with Gasteiger partial charge in [0.05, 0.1) is 6.10 Å². The summed E-state index contributed by atoms with van der Waals surface area (Å²) in [6.45, 7) is 6.47. The van der Waals surface area contributed by atoms with E-state index in [1.807, 2.05) is 0 Å². The molecule has 2 heterocycles. The molecule has 1 unspecified atom stereocenters. The van der Waals surface area contributed by atoms with Gasteiger partial charge in [-0.2, -0.15) is 0 Å². The van der Waals surface area contributed by atoms with Crippen molar-refractivity contribution in [2.45, 2.75) is 52.6 Å². The lowest BCUT2D eigenvalue weighted by Crippen LogP contribution is -2.11. The van der Waals surface area contributed by atoms with Crippen LogP contribution in [-0.2, 0) is 12.8 Å². The maximum Gasteiger partial charge on any atom is 0.216 e. The van der Waals surface area contributed by atoms with E-state index in [2.05, 4.69) is 41.6 Å². The molecule has 1 aliphatic rings. The van der Waals surface area contributed by atoms with Crippen LogP contribution in [0.1, 0.15) is 54.8 Å². The summed E-state index contributed by atoms with van der Waals surface area (Å²) in [5, 5.41) is 20.8. The Hall–Kier alpha value is -1.20. The molecule has 3 rings (SSSR count). The average molecular weight is 291 g/mol. The molecule has 1 atom stereocenters. The van der Waals surface area contributed by atoms with Crippen molar-refractivity contribution in [2.75, 3.05) is 0 Å². The maximum absolute atomic E-state index is 10.1. The molecule has 20 heavy (non-hydrogen) atoms. The maximum atomic E-state index is 10.1. The van der Waals surface area contributed by atoms with Gasteiger partial charge >= 0.3 is 0 Å². The largest absolute Gasteiger partial charge is 0.388 e. The normalized spacial score (nSPS) is 18.6. The van der Waals surface area contributed by atoms with Gasteiger partial charge in [0.15, 0.2) is 0 Å². The Balaban J connectivity index is 2.00. The number of nitrogens with zero attached hydrogens (tertiary/aromatic N) is 3. The van der Waals surface area contributed by atoms with Crippen LogP contribution < -0.4 is 0 Å². The highest BCUT2D eigenvalue weighted by Crippen LogP contribution is 2.34. The van der Waals surface area contributed by atoms with E-state index < -0.39 is 0 Å². The quantitative estimate of drug-likeness (QED) is 0.944. The molecule has 2 aromatic rings. The van der Waals surface area contributed by atoms with Crippen molar-refractivity contribution < 1.29 is 5.11 Å². The number of hydrogen-bond donors (Lipinski definition) is 1. The van der Waals surface area contributed by atoms with Crippen LogP contribution in [0.15, 0.2) is 6.07 Å². The van der Waals surface area contributed by atoms with Gasteiger partial charge in [0.2, 0.25) is 5.13 Å². The summed E-state index contributed by atoms with van der Waals surface area (Å²) in [4.78, 5) is 0. The van der Waals surface area contributed by atoms with Gasteiger partial charge in [-0.25, -0.2) is 0 Å². The highest BCUT2D eigenvalue weighted by Gasteiger charge is 2.25. The number of rotatable bonds is 3. The van der Waals surface area contributed by atoms with E-state index in [4.69, 9.17) is 0 Å². The van der Waals surface area contributed by atoms with E-state index in [1.165, 1.54) is 5.69 Å². The topological polar surface area (TPSA) is 50.9 Å². The van der Waals surface area contributed by atoms with Crippen LogP contribution in [0.5, 0.6) is 0 Å². The highest BCUT2D eigenvalue weighted by atomic mass is 32.1. The fourth-order valence-electron chi connectivity index (χ4n) is 2.91. The van der Waals surface area contributed by atoms with E-state index in [0.717, 1.165) is 47.1 Å². The molecule has 0 spiro atoms. The minimum absolute atomic E-state index is 0.318. The van der Waals surface area contributed by atoms with Crippen LogP contribution in [0.2, 0.25) is 0 Å². The van der Waals surface area contributed by atoms with Gasteiger partial charge in [-0.3, -0.25) is 4.57 Å². The van der Waals surface area contributed by atoms with E-state index in [-0.39, 0.29) is 6.10 Å². The van der Waals surface area contributed by atoms with Gasteiger partial charge in [-0.15, -0.1) is 10.2 Å². The number of aliphatic hydroxyl groups is 1. The third-order valence-corrected chi connectivity index (χ3v) is 4.73. The molecule has 1 aliphatic carbocycles. The first-order valence-corrected chi connectivity index (χ1v) is 8.10. The van der Waals surface area contributed by atoms with Crippen LogP contribution in [0.25, 0.3) is 5.13 Å². The van der Waals surface area contributed by atoms with Crippen molar-refractivity contribution in [3.05, 3.63) is 28.0 Å². The second-order valence-corrected chi connectivity index (χ2v) is 7.05. The predicted octanol–water partition coefficient (Wildman–Crippen LogP) is 3.21. The molecule has 1 N–H and O–H groups in total. The van der Waals surface area contributed by atoms with Crippen LogP contribution in [0.3, 0.4) is 0 Å². The molecule has 2 aromatic heterocycles. The van der Waals surface area contributed by atoms with Crippen molar-refractivity contribution in [2.24, 2.45) is 5.92 Å². The Morgan fingerprint density at radius 1 is 1.45 bits per heavy atom. The first-order valence-electron chi connectivity index (χ1n) is 7.28. The Morgan fingerprint density at radius 3 is 3.00 bits per heavy atom. The van der Waals surface area contributed by atoms with Gasteiger partial charge in [-0.1, -0.05) is 25.2 Å². The Kier molecular flexibility index (Phi) is 3.65. The van der Waals surface area contributed by atoms with Crippen molar-refractivity contribution in [3.8, 4) is 5.13 Å². The molecule has 4 nitrogen and oxygen atoms in total. The van der Waals surface area contributed by atoms with E-state index >= 15 is 0 Å². The van der Waals surface area contributed by atoms with Crippen molar-refractivity contribution in [3.63, 3.8) is 0 Å². The third kappa shape index (κ3) is 2.40. The second kappa shape index (κ2) is 5.30. The second-order valence-electron chi connectivity index (χ2n) is 6.01. The fourth-order valence-corrected chi connectivity index (χ4v) is 4.05. The minimum atomic E-state index is -0.318. The summed E-state index contributed by atoms with van der Waals surface area (Å²) in [5.74, 6) is 0.595. The zero-order valence-corrected chi connectivity index (χ0v) is 13.1. The fraction of sp³-hybridized carbons (Fsp3) is 0.600. The van der Waals surface area contributed by atoms with E-state index in [1.54, 1.807) is 11.3 Å². The van der Waals surface area contributed by atoms with Gasteiger partial charge in [-0.05, 0) is 38.2 Å². The summed E-state index contributed by atoms with van der Waals surface area (Å²) in [7, 11) is 0. The smallest absolute Gasteiger partial charge is 0.216 e. The Morgan fingerprint density at radius 2 is 2.25 bits per heavy atom. The molecular weight excluding hydrogens is 270 g/mol. The number of fused-ring (bicyclic) bond motifs is 1. The van der Waals surface area contributed by atoms with Gasteiger partial charge in [0.25, 0.3) is 0 Å². The first kappa shape index (κ1) is 13.8. The van der Waals surface area contributed by atoms with Crippen molar-refractivity contribution in [1.29, 1.82) is 0 Å². The van der Waals surface area contributed by atoms with E-state index in [9.17, 15) is 5.11 Å². The van der Waals surface area contributed by atoms with Crippen molar-refractivity contribution in [1.82, 2.24) is 14.8 Å². The van der Waals surface area contributed by atoms with Crippen LogP contribution in [0.4, 0.5) is 0 Å². The van der Waals surface area contributed by atoms with E-state index in [0.29, 0.717) is 5.92 Å². The highest BCUT2D eigenvalue weighted by molar-refractivity contribution is 7.13. The molecule has 0 amide bonds. The number of aromatic nitrogens is 3. The monoisotopic (exact) mass is 291 g/mol. The zero-order chi connectivity index (χ0) is 14.3. The molecule has 0 saturated carbocycles. The standard InChI is InChI=1S/C15H21N3OS/c1-9(2)7-14-16-17-15(20-14)18-10(3)8-11-12(18)5-4-6-13(11)19/h8-9,13,19H,4-7H2,1-3H3. The lowest BCUT2D eigenvalue weighted by molar-refractivity contribution is 0.156. The van der Waals surface area contributed by atoms with Gasteiger partial charge < -0.3 is 5.11 Å². The molecule has 0 aliphatic heterocycles. The zero-order valence-electron chi connectivity index (χ0n) is 12.3. The van der Waals surface area contributed by atoms with Gasteiger partial charge in [0, 0.05) is 23.4 Å². The lowest BCUT2D eigenvalue weighted by atomic mass is 9.95. The third-order valence-electron chi connectivity index (χ3n) is 3.80. The number of aryl methyl sites for hydroxylation is 1. The molecule has 0 fully saturated rings. The molecular formula is C15H21N3OS. The van der Waals surface area contributed by atoms with Crippen LogP contribution in [0, 0.1) is 12.8 Å². The summed E-state index contributed by atoms with van der Waals surface area (Å²) in [6.07, 6.45) is 3.57. The summed E-state index contributed by atoms with van der Waals surface area (Å²) in [5.41, 5.74) is 3.44. The summed E-state index contributed by atoms with van der Waals surface area (Å²) < 4.78 is 2.18.